The number of hydrogen-bond acceptors (Lipinski definition) is 6. The molecule has 0 aliphatic carbocycles. The van der Waals surface area contributed by atoms with Crippen molar-refractivity contribution in [3.8, 4) is 11.5 Å². The summed E-state index contributed by atoms with van der Waals surface area (Å²) in [7, 11) is 1.50. The maximum atomic E-state index is 12.8. The van der Waals surface area contributed by atoms with Crippen LogP contribution in [0.15, 0.2) is 69.9 Å². The Balaban J connectivity index is 1.67. The number of nitro benzene ring substituents is 1. The van der Waals surface area contributed by atoms with Gasteiger partial charge in [-0.05, 0) is 43.2 Å². The number of non-ortho nitro benzene ring substituents is 1. The van der Waals surface area contributed by atoms with Crippen molar-refractivity contribution in [1.82, 2.24) is 0 Å². The Morgan fingerprint density at radius 3 is 2.39 bits per heavy atom. The predicted molar refractivity (Wildman–Crippen MR) is 125 cm³/mol. The van der Waals surface area contributed by atoms with E-state index in [2.05, 4.69) is 0 Å². The van der Waals surface area contributed by atoms with Crippen molar-refractivity contribution in [3.63, 3.8) is 0 Å². The van der Waals surface area contributed by atoms with E-state index in [0.29, 0.717) is 40.2 Å². The molecule has 0 amide bonds. The highest BCUT2D eigenvalue weighted by atomic mass is 16.6. The van der Waals surface area contributed by atoms with E-state index in [9.17, 15) is 14.9 Å². The zero-order chi connectivity index (χ0) is 23.5. The molecule has 0 aliphatic rings. The Morgan fingerprint density at radius 1 is 0.970 bits per heavy atom. The highest BCUT2D eigenvalue weighted by Crippen LogP contribution is 2.32. The summed E-state index contributed by atoms with van der Waals surface area (Å²) in [4.78, 5) is 23.5. The molecule has 0 N–H and O–H groups in total. The maximum absolute atomic E-state index is 12.8. The molecule has 0 spiro atoms. The molecule has 0 atom stereocenters. The zero-order valence-electron chi connectivity index (χ0n) is 18.6. The summed E-state index contributed by atoms with van der Waals surface area (Å²) in [5.74, 6) is 1.02. The number of fused-ring (bicyclic) bond motifs is 1. The smallest absolute Gasteiger partial charge is 0.340 e. The summed E-state index contributed by atoms with van der Waals surface area (Å²) in [6.45, 7) is 3.81. The molecule has 0 unspecified atom stereocenters. The van der Waals surface area contributed by atoms with Crippen molar-refractivity contribution in [2.24, 2.45) is 0 Å². The average Bonchev–Trinajstić information content (AvgIpc) is 2.82. The predicted octanol–water partition coefficient (Wildman–Crippen LogP) is 5.50. The van der Waals surface area contributed by atoms with E-state index in [1.54, 1.807) is 6.07 Å². The molecule has 168 valence electrons. The quantitative estimate of drug-likeness (QED) is 0.212. The van der Waals surface area contributed by atoms with Crippen LogP contribution in [0.3, 0.4) is 0 Å². The number of hydrogen-bond donors (Lipinski definition) is 0. The summed E-state index contributed by atoms with van der Waals surface area (Å²) in [6.07, 6.45) is 0.495. The van der Waals surface area contributed by atoms with E-state index < -0.39 is 4.92 Å². The van der Waals surface area contributed by atoms with Crippen molar-refractivity contribution in [1.29, 1.82) is 0 Å². The lowest BCUT2D eigenvalue weighted by atomic mass is 9.98. The topological polar surface area (TPSA) is 91.8 Å². The second-order valence-corrected chi connectivity index (χ2v) is 7.76. The molecule has 7 heteroatoms. The summed E-state index contributed by atoms with van der Waals surface area (Å²) in [5, 5.41) is 12.0. The molecule has 1 aromatic heterocycles. The van der Waals surface area contributed by atoms with Crippen LogP contribution in [-0.2, 0) is 13.0 Å². The Hall–Kier alpha value is -4.13. The van der Waals surface area contributed by atoms with Crippen LogP contribution in [0.25, 0.3) is 11.0 Å². The summed E-state index contributed by atoms with van der Waals surface area (Å²) in [6, 6.07) is 17.8. The van der Waals surface area contributed by atoms with Gasteiger partial charge in [-0.25, -0.2) is 4.79 Å². The van der Waals surface area contributed by atoms with Crippen molar-refractivity contribution in [3.05, 3.63) is 109 Å². The molecular weight excluding hydrogens is 422 g/mol. The van der Waals surface area contributed by atoms with Gasteiger partial charge >= 0.3 is 5.63 Å². The lowest BCUT2D eigenvalue weighted by Crippen LogP contribution is -2.11. The Morgan fingerprint density at radius 2 is 1.70 bits per heavy atom. The number of rotatable bonds is 7. The fraction of sp³-hybridized carbons (Fsp3) is 0.192. The van der Waals surface area contributed by atoms with Gasteiger partial charge in [0.05, 0.1) is 12.0 Å². The van der Waals surface area contributed by atoms with Crippen LogP contribution >= 0.6 is 0 Å². The standard InChI is InChI=1S/C26H23NO6/c1-16-21-10-12-23(32-15-19-14-20(27(29)30)9-11-24(19)31-3)17(2)25(21)33-26(28)22(16)13-18-7-5-4-6-8-18/h4-12,14H,13,15H2,1-3H3. The minimum absolute atomic E-state index is 0.0443. The van der Waals surface area contributed by atoms with Crippen LogP contribution in [0.2, 0.25) is 0 Å². The van der Waals surface area contributed by atoms with E-state index in [0.717, 1.165) is 16.5 Å². The Bertz CT molecular complexity index is 1390. The van der Waals surface area contributed by atoms with E-state index in [1.165, 1.54) is 19.2 Å². The molecule has 4 rings (SSSR count). The van der Waals surface area contributed by atoms with Crippen LogP contribution < -0.4 is 15.1 Å². The number of benzene rings is 3. The van der Waals surface area contributed by atoms with Gasteiger partial charge in [0.2, 0.25) is 0 Å². The van der Waals surface area contributed by atoms with E-state index >= 15 is 0 Å². The van der Waals surface area contributed by atoms with Crippen LogP contribution in [0.5, 0.6) is 11.5 Å². The SMILES string of the molecule is COc1ccc([N+](=O)[O-])cc1COc1ccc2c(C)c(Cc3ccccc3)c(=O)oc2c1C. The third-order valence-electron chi connectivity index (χ3n) is 5.74. The summed E-state index contributed by atoms with van der Waals surface area (Å²) in [5.41, 5.74) is 3.82. The van der Waals surface area contributed by atoms with Gasteiger partial charge in [0, 0.05) is 40.6 Å². The first-order chi connectivity index (χ1) is 15.9. The van der Waals surface area contributed by atoms with Gasteiger partial charge in [-0.15, -0.1) is 0 Å². The molecule has 7 nitrogen and oxygen atoms in total. The molecule has 0 fully saturated rings. The molecule has 0 saturated carbocycles. The van der Waals surface area contributed by atoms with Gasteiger partial charge < -0.3 is 13.9 Å². The lowest BCUT2D eigenvalue weighted by molar-refractivity contribution is -0.385. The van der Waals surface area contributed by atoms with Crippen molar-refractivity contribution in [2.45, 2.75) is 26.9 Å². The monoisotopic (exact) mass is 445 g/mol. The minimum atomic E-state index is -0.464. The van der Waals surface area contributed by atoms with Crippen molar-refractivity contribution in [2.75, 3.05) is 7.11 Å². The van der Waals surface area contributed by atoms with Crippen molar-refractivity contribution >= 4 is 16.7 Å². The van der Waals surface area contributed by atoms with Crippen LogP contribution in [0.4, 0.5) is 5.69 Å². The third-order valence-corrected chi connectivity index (χ3v) is 5.74. The lowest BCUT2D eigenvalue weighted by Gasteiger charge is -2.14. The molecule has 0 saturated heterocycles. The van der Waals surface area contributed by atoms with Gasteiger partial charge in [0.1, 0.15) is 23.7 Å². The van der Waals surface area contributed by atoms with Gasteiger partial charge in [0.15, 0.2) is 0 Å². The average molecular weight is 445 g/mol. The van der Waals surface area contributed by atoms with Gasteiger partial charge in [-0.1, -0.05) is 30.3 Å². The van der Waals surface area contributed by atoms with Crippen LogP contribution in [-0.4, -0.2) is 12.0 Å². The first kappa shape index (κ1) is 22.1. The van der Waals surface area contributed by atoms with Crippen molar-refractivity contribution < 1.29 is 18.8 Å². The number of methoxy groups -OCH3 is 1. The molecular formula is C26H23NO6. The van der Waals surface area contributed by atoms with E-state index in [4.69, 9.17) is 13.9 Å². The number of aryl methyl sites for hydroxylation is 2. The minimum Gasteiger partial charge on any atom is -0.496 e. The largest absolute Gasteiger partial charge is 0.496 e. The number of ether oxygens (including phenoxy) is 2. The Labute approximate surface area is 190 Å². The fourth-order valence-corrected chi connectivity index (χ4v) is 3.88. The molecule has 1 heterocycles. The maximum Gasteiger partial charge on any atom is 0.340 e. The normalized spacial score (nSPS) is 10.9. The molecule has 3 aromatic carbocycles. The highest BCUT2D eigenvalue weighted by Gasteiger charge is 2.17. The van der Waals surface area contributed by atoms with Gasteiger partial charge in [-0.3, -0.25) is 10.1 Å². The highest BCUT2D eigenvalue weighted by molar-refractivity contribution is 5.85. The van der Waals surface area contributed by atoms with Crippen LogP contribution in [0.1, 0.15) is 27.8 Å². The number of nitrogens with zero attached hydrogens (tertiary/aromatic N) is 1. The molecule has 0 radical (unpaired) electrons. The van der Waals surface area contributed by atoms with E-state index in [1.807, 2.05) is 56.3 Å². The first-order valence-electron chi connectivity index (χ1n) is 10.4. The second kappa shape index (κ2) is 9.16. The van der Waals surface area contributed by atoms with Gasteiger partial charge in [-0.2, -0.15) is 0 Å². The molecule has 4 aromatic rings. The fourth-order valence-electron chi connectivity index (χ4n) is 3.88. The Kier molecular flexibility index (Phi) is 6.13. The molecule has 0 bridgehead atoms. The summed E-state index contributed by atoms with van der Waals surface area (Å²) >= 11 is 0. The van der Waals surface area contributed by atoms with E-state index in [-0.39, 0.29) is 17.9 Å². The summed E-state index contributed by atoms with van der Waals surface area (Å²) < 4.78 is 17.0. The molecule has 33 heavy (non-hydrogen) atoms. The first-order valence-corrected chi connectivity index (χ1v) is 10.4. The van der Waals surface area contributed by atoms with Crippen LogP contribution in [0, 0.1) is 24.0 Å². The zero-order valence-corrected chi connectivity index (χ0v) is 18.6. The molecule has 0 aliphatic heterocycles. The number of nitro groups is 1. The van der Waals surface area contributed by atoms with Gasteiger partial charge in [0.25, 0.3) is 5.69 Å². The second-order valence-electron chi connectivity index (χ2n) is 7.76. The third kappa shape index (κ3) is 4.43.